The Labute approximate surface area is 87.0 Å². The van der Waals surface area contributed by atoms with Crippen LogP contribution < -0.4 is 0 Å². The first-order valence-corrected chi connectivity index (χ1v) is 4.72. The van der Waals surface area contributed by atoms with Crippen LogP contribution in [0, 0.1) is 0 Å². The van der Waals surface area contributed by atoms with Gasteiger partial charge in [0, 0.05) is 5.56 Å². The zero-order chi connectivity index (χ0) is 10.1. The molecule has 0 bridgehead atoms. The first-order chi connectivity index (χ1) is 6.75. The van der Waals surface area contributed by atoms with Crippen LogP contribution in [-0.4, -0.2) is 34.1 Å². The van der Waals surface area contributed by atoms with Crippen LogP contribution in [-0.2, 0) is 0 Å². The molecule has 14 heavy (non-hydrogen) atoms. The minimum Gasteiger partial charge on any atom is -0.395 e. The van der Waals surface area contributed by atoms with E-state index < -0.39 is 0 Å². The number of aliphatic hydroxyl groups is 1. The molecule has 0 fully saturated rings. The molecule has 0 saturated heterocycles. The van der Waals surface area contributed by atoms with Crippen molar-refractivity contribution in [2.45, 2.75) is 0 Å². The van der Waals surface area contributed by atoms with Crippen LogP contribution in [0.25, 0.3) is 0 Å². The zero-order valence-corrected chi connectivity index (χ0v) is 8.25. The molecule has 72 valence electrons. The average Bonchev–Trinajstić information content (AvgIpc) is 2.45. The van der Waals surface area contributed by atoms with Crippen LogP contribution >= 0.6 is 12.2 Å². The fraction of sp³-hybridized carbons (Fsp3) is 0.200. The minimum atomic E-state index is -0.111. The molecular weight excluding hydrogens is 198 g/mol. The summed E-state index contributed by atoms with van der Waals surface area (Å²) in [6.45, 7) is 0.201. The molecule has 0 atom stereocenters. The predicted octanol–water partition coefficient (Wildman–Crippen LogP) is 0.810. The van der Waals surface area contributed by atoms with Crippen molar-refractivity contribution in [1.82, 2.24) is 4.90 Å². The van der Waals surface area contributed by atoms with Gasteiger partial charge in [-0.3, -0.25) is 9.69 Å². The van der Waals surface area contributed by atoms with Gasteiger partial charge in [0.05, 0.1) is 18.7 Å². The monoisotopic (exact) mass is 207 g/mol. The zero-order valence-electron chi connectivity index (χ0n) is 7.43. The maximum absolute atomic E-state index is 11.7. The van der Waals surface area contributed by atoms with Crippen molar-refractivity contribution in [1.29, 1.82) is 0 Å². The smallest absolute Gasteiger partial charge is 0.259 e. The fourth-order valence-electron chi connectivity index (χ4n) is 1.54. The number of thiocarbonyl (C=S) groups is 1. The molecule has 0 radical (unpaired) electrons. The highest BCUT2D eigenvalue weighted by Gasteiger charge is 2.31. The van der Waals surface area contributed by atoms with Gasteiger partial charge in [0.2, 0.25) is 0 Å². The van der Waals surface area contributed by atoms with Gasteiger partial charge >= 0.3 is 0 Å². The van der Waals surface area contributed by atoms with E-state index in [1.807, 2.05) is 18.2 Å². The molecule has 0 spiro atoms. The molecule has 1 aromatic rings. The topological polar surface area (TPSA) is 40.5 Å². The molecule has 1 aliphatic rings. The minimum absolute atomic E-state index is 0.0696. The lowest BCUT2D eigenvalue weighted by Gasteiger charge is -2.13. The standard InChI is InChI=1S/C10H9NO2S/c12-6-5-11-9(13)7-3-1-2-4-8(7)10(11)14/h1-4,12H,5-6H2. The number of carbonyl (C=O) groups excluding carboxylic acids is 1. The summed E-state index contributed by atoms with van der Waals surface area (Å²) < 4.78 is 0. The van der Waals surface area contributed by atoms with E-state index in [2.05, 4.69) is 0 Å². The van der Waals surface area contributed by atoms with Gasteiger partial charge in [-0.1, -0.05) is 30.4 Å². The molecule has 1 aliphatic heterocycles. The van der Waals surface area contributed by atoms with Gasteiger partial charge in [0.25, 0.3) is 5.91 Å². The van der Waals surface area contributed by atoms with Crippen molar-refractivity contribution < 1.29 is 9.90 Å². The van der Waals surface area contributed by atoms with Gasteiger partial charge in [0.15, 0.2) is 0 Å². The first kappa shape index (κ1) is 9.30. The maximum Gasteiger partial charge on any atom is 0.259 e. The van der Waals surface area contributed by atoms with Gasteiger partial charge in [0.1, 0.15) is 4.99 Å². The third-order valence-corrected chi connectivity index (χ3v) is 2.64. The molecule has 3 nitrogen and oxygen atoms in total. The molecule has 1 N–H and O–H groups in total. The summed E-state index contributed by atoms with van der Waals surface area (Å²) in [7, 11) is 0. The van der Waals surface area contributed by atoms with Gasteiger partial charge < -0.3 is 5.11 Å². The molecule has 2 rings (SSSR count). The largest absolute Gasteiger partial charge is 0.395 e. The van der Waals surface area contributed by atoms with E-state index in [9.17, 15) is 4.79 Å². The maximum atomic E-state index is 11.7. The summed E-state index contributed by atoms with van der Waals surface area (Å²) in [5.74, 6) is -0.111. The number of rotatable bonds is 2. The summed E-state index contributed by atoms with van der Waals surface area (Å²) in [4.78, 5) is 13.7. The number of nitrogens with zero attached hydrogens (tertiary/aromatic N) is 1. The lowest BCUT2D eigenvalue weighted by atomic mass is 10.1. The Morgan fingerprint density at radius 3 is 2.50 bits per heavy atom. The van der Waals surface area contributed by atoms with E-state index in [4.69, 9.17) is 17.3 Å². The van der Waals surface area contributed by atoms with E-state index in [-0.39, 0.29) is 19.1 Å². The van der Waals surface area contributed by atoms with Crippen LogP contribution in [0.1, 0.15) is 15.9 Å². The van der Waals surface area contributed by atoms with Gasteiger partial charge in [-0.25, -0.2) is 0 Å². The Bertz CT molecular complexity index is 368. The third-order valence-electron chi connectivity index (χ3n) is 2.20. The second kappa shape index (κ2) is 3.48. The number of hydrogen-bond donors (Lipinski definition) is 1. The lowest BCUT2D eigenvalue weighted by molar-refractivity contribution is 0.0842. The van der Waals surface area contributed by atoms with E-state index in [0.717, 1.165) is 5.56 Å². The summed E-state index contributed by atoms with van der Waals surface area (Å²) in [6.07, 6.45) is 0. The molecule has 0 aromatic heterocycles. The Kier molecular flexibility index (Phi) is 2.31. The fourth-order valence-corrected chi connectivity index (χ4v) is 1.89. The normalized spacial score (nSPS) is 14.8. The second-order valence-electron chi connectivity index (χ2n) is 3.03. The SMILES string of the molecule is O=C1c2ccccc2C(=S)N1CCO. The molecule has 1 amide bonds. The van der Waals surface area contributed by atoms with Crippen LogP contribution in [0.4, 0.5) is 0 Å². The van der Waals surface area contributed by atoms with E-state index in [1.54, 1.807) is 6.07 Å². The number of carbonyl (C=O) groups is 1. The molecular formula is C10H9NO2S. The van der Waals surface area contributed by atoms with Crippen LogP contribution in [0.15, 0.2) is 24.3 Å². The first-order valence-electron chi connectivity index (χ1n) is 4.32. The van der Waals surface area contributed by atoms with Crippen LogP contribution in [0.2, 0.25) is 0 Å². The Balaban J connectivity index is 2.43. The van der Waals surface area contributed by atoms with Crippen LogP contribution in [0.5, 0.6) is 0 Å². The number of benzene rings is 1. The number of aliphatic hydroxyl groups excluding tert-OH is 1. The molecule has 1 heterocycles. The number of hydrogen-bond acceptors (Lipinski definition) is 3. The van der Waals surface area contributed by atoms with Gasteiger partial charge in [-0.05, 0) is 6.07 Å². The van der Waals surface area contributed by atoms with Crippen molar-refractivity contribution in [2.75, 3.05) is 13.2 Å². The summed E-state index contributed by atoms with van der Waals surface area (Å²) in [6, 6.07) is 7.23. The molecule has 0 unspecified atom stereocenters. The quantitative estimate of drug-likeness (QED) is 0.730. The molecule has 1 aromatic carbocycles. The molecule has 0 aliphatic carbocycles. The Hall–Kier alpha value is -1.26. The summed E-state index contributed by atoms with van der Waals surface area (Å²) in [5, 5.41) is 8.79. The average molecular weight is 207 g/mol. The van der Waals surface area contributed by atoms with E-state index in [0.29, 0.717) is 10.6 Å². The summed E-state index contributed by atoms with van der Waals surface area (Å²) in [5.41, 5.74) is 1.42. The van der Waals surface area contributed by atoms with E-state index in [1.165, 1.54) is 4.90 Å². The highest BCUT2D eigenvalue weighted by atomic mass is 32.1. The Morgan fingerprint density at radius 1 is 1.29 bits per heavy atom. The Morgan fingerprint density at radius 2 is 1.93 bits per heavy atom. The molecule has 4 heteroatoms. The lowest BCUT2D eigenvalue weighted by Crippen LogP contribution is -2.31. The van der Waals surface area contributed by atoms with Gasteiger partial charge in [-0.2, -0.15) is 0 Å². The number of β-amino-alcohol motifs (C(OH)–C–C–N with tert-alkyl or cyclic N) is 1. The van der Waals surface area contributed by atoms with Crippen LogP contribution in [0.3, 0.4) is 0 Å². The predicted molar refractivity (Wildman–Crippen MR) is 56.3 cm³/mol. The van der Waals surface area contributed by atoms with Crippen molar-refractivity contribution in [3.8, 4) is 0 Å². The highest BCUT2D eigenvalue weighted by molar-refractivity contribution is 7.80. The highest BCUT2D eigenvalue weighted by Crippen LogP contribution is 2.22. The van der Waals surface area contributed by atoms with Gasteiger partial charge in [-0.15, -0.1) is 0 Å². The van der Waals surface area contributed by atoms with Crippen molar-refractivity contribution in [3.05, 3.63) is 35.4 Å². The van der Waals surface area contributed by atoms with Crippen molar-refractivity contribution in [2.24, 2.45) is 0 Å². The van der Waals surface area contributed by atoms with E-state index >= 15 is 0 Å². The second-order valence-corrected chi connectivity index (χ2v) is 3.42. The van der Waals surface area contributed by atoms with Crippen molar-refractivity contribution in [3.63, 3.8) is 0 Å². The number of fused-ring (bicyclic) bond motifs is 1. The van der Waals surface area contributed by atoms with Crippen molar-refractivity contribution >= 4 is 23.1 Å². The number of amides is 1. The third kappa shape index (κ3) is 1.23. The summed E-state index contributed by atoms with van der Waals surface area (Å²) >= 11 is 5.13. The molecule has 0 saturated carbocycles.